The van der Waals surface area contributed by atoms with Crippen LogP contribution in [0.25, 0.3) is 10.9 Å². The highest BCUT2D eigenvalue weighted by atomic mass is 19.1. The van der Waals surface area contributed by atoms with Crippen molar-refractivity contribution in [3.63, 3.8) is 0 Å². The highest BCUT2D eigenvalue weighted by molar-refractivity contribution is 5.95. The molecule has 2 aromatic carbocycles. The molecule has 0 radical (unpaired) electrons. The maximum Gasteiger partial charge on any atom is 0.354 e. The SMILES string of the molecule is COC(=O)c1cc2ccccc2n1Cc1ccc(F)cc1. The van der Waals surface area contributed by atoms with E-state index in [1.165, 1.54) is 19.2 Å². The van der Waals surface area contributed by atoms with Crippen LogP contribution in [0.2, 0.25) is 0 Å². The van der Waals surface area contributed by atoms with Crippen molar-refractivity contribution >= 4 is 16.9 Å². The van der Waals surface area contributed by atoms with Crippen LogP contribution in [0.15, 0.2) is 54.6 Å². The van der Waals surface area contributed by atoms with Gasteiger partial charge in [0.05, 0.1) is 7.11 Å². The average molecular weight is 283 g/mol. The van der Waals surface area contributed by atoms with Gasteiger partial charge in [0.25, 0.3) is 0 Å². The smallest absolute Gasteiger partial charge is 0.354 e. The molecule has 0 bridgehead atoms. The molecule has 0 amide bonds. The summed E-state index contributed by atoms with van der Waals surface area (Å²) in [5, 5.41) is 0.972. The summed E-state index contributed by atoms with van der Waals surface area (Å²) in [6, 6.07) is 15.8. The number of ether oxygens (including phenoxy) is 1. The summed E-state index contributed by atoms with van der Waals surface area (Å²) in [7, 11) is 1.36. The van der Waals surface area contributed by atoms with Crippen LogP contribution in [0.4, 0.5) is 4.39 Å². The van der Waals surface area contributed by atoms with Crippen molar-refractivity contribution < 1.29 is 13.9 Å². The third-order valence-corrected chi connectivity index (χ3v) is 3.46. The van der Waals surface area contributed by atoms with Gasteiger partial charge in [-0.15, -0.1) is 0 Å². The van der Waals surface area contributed by atoms with Crippen molar-refractivity contribution in [2.45, 2.75) is 6.54 Å². The Morgan fingerprint density at radius 3 is 2.57 bits per heavy atom. The van der Waals surface area contributed by atoms with Crippen LogP contribution < -0.4 is 0 Å². The summed E-state index contributed by atoms with van der Waals surface area (Å²) in [6.45, 7) is 0.484. The number of carbonyl (C=O) groups is 1. The Morgan fingerprint density at radius 1 is 1.14 bits per heavy atom. The predicted molar refractivity (Wildman–Crippen MR) is 78.8 cm³/mol. The van der Waals surface area contributed by atoms with Crippen LogP contribution in [0.5, 0.6) is 0 Å². The lowest BCUT2D eigenvalue weighted by Gasteiger charge is -2.09. The number of benzene rings is 2. The third kappa shape index (κ3) is 2.52. The normalized spacial score (nSPS) is 10.8. The second-order valence-corrected chi connectivity index (χ2v) is 4.79. The lowest BCUT2D eigenvalue weighted by molar-refractivity contribution is 0.0589. The molecular weight excluding hydrogens is 269 g/mol. The van der Waals surface area contributed by atoms with Crippen LogP contribution in [0.3, 0.4) is 0 Å². The fraction of sp³-hybridized carbons (Fsp3) is 0.118. The maximum absolute atomic E-state index is 13.0. The van der Waals surface area contributed by atoms with Gasteiger partial charge < -0.3 is 9.30 Å². The summed E-state index contributed by atoms with van der Waals surface area (Å²) in [5.74, 6) is -0.655. The Bertz CT molecular complexity index is 790. The zero-order chi connectivity index (χ0) is 14.8. The van der Waals surface area contributed by atoms with E-state index in [2.05, 4.69) is 0 Å². The lowest BCUT2D eigenvalue weighted by atomic mass is 10.2. The van der Waals surface area contributed by atoms with Crippen LogP contribution in [-0.4, -0.2) is 17.6 Å². The van der Waals surface area contributed by atoms with Crippen molar-refractivity contribution in [3.8, 4) is 0 Å². The number of carbonyl (C=O) groups excluding carboxylic acids is 1. The van der Waals surface area contributed by atoms with Gasteiger partial charge in [-0.3, -0.25) is 0 Å². The fourth-order valence-corrected chi connectivity index (χ4v) is 2.43. The van der Waals surface area contributed by atoms with E-state index in [1.54, 1.807) is 12.1 Å². The van der Waals surface area contributed by atoms with Crippen molar-refractivity contribution in [1.29, 1.82) is 0 Å². The minimum atomic E-state index is -0.381. The molecule has 106 valence electrons. The Kier molecular flexibility index (Phi) is 3.44. The molecule has 1 heterocycles. The monoisotopic (exact) mass is 283 g/mol. The number of rotatable bonds is 3. The number of hydrogen-bond donors (Lipinski definition) is 0. The van der Waals surface area contributed by atoms with Crippen molar-refractivity contribution in [2.75, 3.05) is 7.11 Å². The van der Waals surface area contributed by atoms with E-state index in [0.29, 0.717) is 12.2 Å². The van der Waals surface area contributed by atoms with E-state index in [9.17, 15) is 9.18 Å². The Morgan fingerprint density at radius 2 is 1.86 bits per heavy atom. The van der Waals surface area contributed by atoms with Crippen LogP contribution in [0.1, 0.15) is 16.1 Å². The van der Waals surface area contributed by atoms with Gasteiger partial charge in [0.2, 0.25) is 0 Å². The second kappa shape index (κ2) is 5.40. The minimum absolute atomic E-state index is 0.274. The number of para-hydroxylation sites is 1. The molecule has 0 spiro atoms. The first-order valence-corrected chi connectivity index (χ1v) is 6.60. The van der Waals surface area contributed by atoms with Crippen molar-refractivity contribution in [2.24, 2.45) is 0 Å². The summed E-state index contributed by atoms with van der Waals surface area (Å²) >= 11 is 0. The Hall–Kier alpha value is -2.62. The van der Waals surface area contributed by atoms with Gasteiger partial charge >= 0.3 is 5.97 Å². The first-order valence-electron chi connectivity index (χ1n) is 6.60. The molecule has 0 unspecified atom stereocenters. The zero-order valence-corrected chi connectivity index (χ0v) is 11.5. The standard InChI is InChI=1S/C17H14FNO2/c1-21-17(20)16-10-13-4-2-3-5-15(13)19(16)11-12-6-8-14(18)9-7-12/h2-10H,11H2,1H3. The van der Waals surface area contributed by atoms with E-state index in [-0.39, 0.29) is 11.8 Å². The number of hydrogen-bond acceptors (Lipinski definition) is 2. The summed E-state index contributed by atoms with van der Waals surface area (Å²) in [4.78, 5) is 11.9. The topological polar surface area (TPSA) is 31.2 Å². The predicted octanol–water partition coefficient (Wildman–Crippen LogP) is 3.62. The van der Waals surface area contributed by atoms with Gasteiger partial charge in [-0.25, -0.2) is 9.18 Å². The molecule has 21 heavy (non-hydrogen) atoms. The summed E-state index contributed by atoms with van der Waals surface area (Å²) in [5.41, 5.74) is 2.35. The number of nitrogens with zero attached hydrogens (tertiary/aromatic N) is 1. The van der Waals surface area contributed by atoms with Gasteiger partial charge in [-0.05, 0) is 29.8 Å². The first-order chi connectivity index (χ1) is 10.2. The average Bonchev–Trinajstić information content (AvgIpc) is 2.88. The molecule has 0 N–H and O–H groups in total. The lowest BCUT2D eigenvalue weighted by Crippen LogP contribution is -2.11. The summed E-state index contributed by atoms with van der Waals surface area (Å²) < 4.78 is 19.7. The highest BCUT2D eigenvalue weighted by Crippen LogP contribution is 2.22. The molecule has 0 aliphatic carbocycles. The van der Waals surface area contributed by atoms with Gasteiger partial charge in [0.15, 0.2) is 0 Å². The van der Waals surface area contributed by atoms with Gasteiger partial charge in [0, 0.05) is 17.4 Å². The van der Waals surface area contributed by atoms with Crippen molar-refractivity contribution in [1.82, 2.24) is 4.57 Å². The molecule has 0 atom stereocenters. The minimum Gasteiger partial charge on any atom is -0.464 e. The quantitative estimate of drug-likeness (QED) is 0.687. The summed E-state index contributed by atoms with van der Waals surface area (Å²) in [6.07, 6.45) is 0. The van der Waals surface area contributed by atoms with E-state index >= 15 is 0 Å². The number of methoxy groups -OCH3 is 1. The van der Waals surface area contributed by atoms with Crippen LogP contribution in [0, 0.1) is 5.82 Å². The maximum atomic E-state index is 13.0. The second-order valence-electron chi connectivity index (χ2n) is 4.79. The van der Waals surface area contributed by atoms with E-state index in [4.69, 9.17) is 4.74 Å². The van der Waals surface area contributed by atoms with Gasteiger partial charge in [-0.1, -0.05) is 30.3 Å². The Balaban J connectivity index is 2.10. The molecule has 4 heteroatoms. The number of esters is 1. The molecule has 3 aromatic rings. The molecule has 0 fully saturated rings. The van der Waals surface area contributed by atoms with Crippen LogP contribution in [-0.2, 0) is 11.3 Å². The van der Waals surface area contributed by atoms with Crippen LogP contribution >= 0.6 is 0 Å². The first kappa shape index (κ1) is 13.4. The molecule has 0 saturated carbocycles. The molecule has 3 rings (SSSR count). The Labute approximate surface area is 121 Å². The fourth-order valence-electron chi connectivity index (χ4n) is 2.43. The molecular formula is C17H14FNO2. The highest BCUT2D eigenvalue weighted by Gasteiger charge is 2.15. The molecule has 0 aliphatic heterocycles. The molecule has 3 nitrogen and oxygen atoms in total. The van der Waals surface area contributed by atoms with E-state index in [0.717, 1.165) is 16.5 Å². The van der Waals surface area contributed by atoms with Crippen molar-refractivity contribution in [3.05, 3.63) is 71.7 Å². The largest absolute Gasteiger partial charge is 0.464 e. The van der Waals surface area contributed by atoms with Gasteiger partial charge in [-0.2, -0.15) is 0 Å². The third-order valence-electron chi connectivity index (χ3n) is 3.46. The van der Waals surface area contributed by atoms with E-state index < -0.39 is 0 Å². The van der Waals surface area contributed by atoms with E-state index in [1.807, 2.05) is 34.9 Å². The number of fused-ring (bicyclic) bond motifs is 1. The zero-order valence-electron chi connectivity index (χ0n) is 11.5. The molecule has 0 aliphatic rings. The molecule has 1 aromatic heterocycles. The van der Waals surface area contributed by atoms with Gasteiger partial charge in [0.1, 0.15) is 11.5 Å². The number of aromatic nitrogens is 1. The number of halogens is 1. The molecule has 0 saturated heterocycles.